The first-order valence-electron chi connectivity index (χ1n) is 8.91. The number of hydrogen-bond acceptors (Lipinski definition) is 7. The van der Waals surface area contributed by atoms with E-state index in [-0.39, 0.29) is 17.5 Å². The Morgan fingerprint density at radius 3 is 2.30 bits per heavy atom. The van der Waals surface area contributed by atoms with Crippen LogP contribution in [0.15, 0.2) is 46.6 Å². The van der Waals surface area contributed by atoms with Gasteiger partial charge in [0.1, 0.15) is 10.8 Å². The highest BCUT2D eigenvalue weighted by atomic mass is 32.2. The number of aromatic nitrogens is 7. The third kappa shape index (κ3) is 3.75. The van der Waals surface area contributed by atoms with Crippen LogP contribution in [0.5, 0.6) is 0 Å². The van der Waals surface area contributed by atoms with Crippen molar-refractivity contribution in [1.29, 1.82) is 0 Å². The van der Waals surface area contributed by atoms with Crippen LogP contribution in [0.25, 0.3) is 11.3 Å². The van der Waals surface area contributed by atoms with Crippen molar-refractivity contribution in [2.24, 2.45) is 0 Å². The Morgan fingerprint density at radius 1 is 0.933 bits per heavy atom. The molecule has 0 spiro atoms. The fourth-order valence-electron chi connectivity index (χ4n) is 2.75. The Labute approximate surface area is 173 Å². The summed E-state index contributed by atoms with van der Waals surface area (Å²) in [5.74, 6) is -0.246. The summed E-state index contributed by atoms with van der Waals surface area (Å²) in [7, 11) is 3.82. The van der Waals surface area contributed by atoms with Crippen LogP contribution >= 0.6 is 11.8 Å². The lowest BCUT2D eigenvalue weighted by Gasteiger charge is -2.20. The van der Waals surface area contributed by atoms with Crippen LogP contribution < -0.4 is 0 Å². The molecular formula is C18H17F3N8S. The van der Waals surface area contributed by atoms with Gasteiger partial charge >= 0.3 is 0 Å². The molecule has 0 N–H and O–H groups in total. The lowest BCUT2D eigenvalue weighted by Crippen LogP contribution is -2.20. The van der Waals surface area contributed by atoms with Crippen LogP contribution in [0.1, 0.15) is 31.0 Å². The van der Waals surface area contributed by atoms with Crippen molar-refractivity contribution in [1.82, 2.24) is 39.5 Å². The SMILES string of the molecule is CC(c1nnc(Sc2ccc3nnc(C(F)F)n3n2)n1-c1ccc(F)cc1)N(C)C. The van der Waals surface area contributed by atoms with Gasteiger partial charge in [0.05, 0.1) is 6.04 Å². The summed E-state index contributed by atoms with van der Waals surface area (Å²) < 4.78 is 42.5. The van der Waals surface area contributed by atoms with E-state index in [1.165, 1.54) is 12.1 Å². The van der Waals surface area contributed by atoms with Crippen LogP contribution in [0.3, 0.4) is 0 Å². The standard InChI is InChI=1S/C18H17F3N8S/c1-10(27(2)3)16-23-25-18(28(16)12-6-4-11(19)5-7-12)30-14-9-8-13-22-24-17(15(20)21)29(13)26-14/h4-10,15H,1-3H3. The Bertz CT molecular complexity index is 1170. The van der Waals surface area contributed by atoms with Gasteiger partial charge in [0.15, 0.2) is 11.5 Å². The largest absolute Gasteiger partial charge is 0.300 e. The van der Waals surface area contributed by atoms with E-state index >= 15 is 0 Å². The molecule has 1 unspecified atom stereocenters. The molecular weight excluding hydrogens is 417 g/mol. The number of fused-ring (bicyclic) bond motifs is 1. The maximum atomic E-state index is 13.4. The highest BCUT2D eigenvalue weighted by Gasteiger charge is 2.23. The van der Waals surface area contributed by atoms with Gasteiger partial charge in [-0.05, 0) is 69.2 Å². The minimum Gasteiger partial charge on any atom is -0.300 e. The van der Waals surface area contributed by atoms with E-state index < -0.39 is 12.2 Å². The topological polar surface area (TPSA) is 77.0 Å². The summed E-state index contributed by atoms with van der Waals surface area (Å²) in [6.45, 7) is 1.97. The average molecular weight is 434 g/mol. The number of hydrogen-bond donors (Lipinski definition) is 0. The summed E-state index contributed by atoms with van der Waals surface area (Å²) in [5, 5.41) is 20.8. The molecule has 0 aliphatic heterocycles. The van der Waals surface area contributed by atoms with Gasteiger partial charge in [-0.25, -0.2) is 13.2 Å². The van der Waals surface area contributed by atoms with E-state index in [1.807, 2.05) is 25.9 Å². The molecule has 0 bridgehead atoms. The second-order valence-corrected chi connectivity index (χ2v) is 7.68. The monoisotopic (exact) mass is 434 g/mol. The molecule has 3 aromatic heterocycles. The van der Waals surface area contributed by atoms with Crippen molar-refractivity contribution >= 4 is 17.4 Å². The Kier molecular flexibility index (Phi) is 5.43. The van der Waals surface area contributed by atoms with E-state index in [4.69, 9.17) is 0 Å². The highest BCUT2D eigenvalue weighted by molar-refractivity contribution is 7.99. The molecule has 3 heterocycles. The third-order valence-corrected chi connectivity index (χ3v) is 5.42. The lowest BCUT2D eigenvalue weighted by molar-refractivity contribution is 0.137. The van der Waals surface area contributed by atoms with E-state index in [1.54, 1.807) is 28.8 Å². The number of rotatable bonds is 6. The minimum absolute atomic E-state index is 0.0874. The first-order chi connectivity index (χ1) is 14.3. The number of nitrogens with zero attached hydrogens (tertiary/aromatic N) is 8. The van der Waals surface area contributed by atoms with Crippen LogP contribution in [-0.2, 0) is 0 Å². The molecule has 0 saturated carbocycles. The zero-order valence-corrected chi connectivity index (χ0v) is 17.1. The Balaban J connectivity index is 1.78. The summed E-state index contributed by atoms with van der Waals surface area (Å²) in [4.78, 5) is 1.97. The predicted molar refractivity (Wildman–Crippen MR) is 103 cm³/mol. The van der Waals surface area contributed by atoms with E-state index in [0.717, 1.165) is 16.3 Å². The van der Waals surface area contributed by atoms with Crippen molar-refractivity contribution in [2.45, 2.75) is 29.6 Å². The molecule has 0 saturated heterocycles. The summed E-state index contributed by atoms with van der Waals surface area (Å²) >= 11 is 1.15. The molecule has 156 valence electrons. The molecule has 4 aromatic rings. The molecule has 0 aliphatic carbocycles. The van der Waals surface area contributed by atoms with Gasteiger partial charge in [-0.3, -0.25) is 9.47 Å². The fourth-order valence-corrected chi connectivity index (χ4v) is 3.57. The van der Waals surface area contributed by atoms with E-state index in [0.29, 0.717) is 21.7 Å². The van der Waals surface area contributed by atoms with Gasteiger partial charge in [0, 0.05) is 5.69 Å². The normalized spacial score (nSPS) is 12.9. The zero-order valence-electron chi connectivity index (χ0n) is 16.2. The second-order valence-electron chi connectivity index (χ2n) is 6.69. The van der Waals surface area contributed by atoms with E-state index in [9.17, 15) is 13.2 Å². The molecule has 1 atom stereocenters. The maximum Gasteiger partial charge on any atom is 0.299 e. The van der Waals surface area contributed by atoms with Crippen LogP contribution in [-0.4, -0.2) is 53.6 Å². The maximum absolute atomic E-state index is 13.4. The van der Waals surface area contributed by atoms with Gasteiger partial charge in [-0.15, -0.1) is 20.4 Å². The van der Waals surface area contributed by atoms with Crippen LogP contribution in [0, 0.1) is 5.82 Å². The minimum atomic E-state index is -2.80. The van der Waals surface area contributed by atoms with Gasteiger partial charge in [-0.2, -0.15) is 9.61 Å². The summed E-state index contributed by atoms with van der Waals surface area (Å²) in [6, 6.07) is 9.06. The van der Waals surface area contributed by atoms with Crippen LogP contribution in [0.4, 0.5) is 13.2 Å². The first-order valence-corrected chi connectivity index (χ1v) is 9.73. The fraction of sp³-hybridized carbons (Fsp3) is 0.278. The molecule has 30 heavy (non-hydrogen) atoms. The smallest absolute Gasteiger partial charge is 0.299 e. The first kappa shape index (κ1) is 20.3. The van der Waals surface area contributed by atoms with Gasteiger partial charge in [0.2, 0.25) is 11.0 Å². The molecule has 4 rings (SSSR count). The van der Waals surface area contributed by atoms with Crippen molar-refractivity contribution < 1.29 is 13.2 Å². The van der Waals surface area contributed by atoms with Gasteiger partial charge < -0.3 is 0 Å². The van der Waals surface area contributed by atoms with E-state index in [2.05, 4.69) is 25.5 Å². The van der Waals surface area contributed by atoms with Crippen molar-refractivity contribution in [3.8, 4) is 5.69 Å². The third-order valence-electron chi connectivity index (χ3n) is 4.54. The number of alkyl halides is 2. The molecule has 0 radical (unpaired) electrons. The highest BCUT2D eigenvalue weighted by Crippen LogP contribution is 2.31. The average Bonchev–Trinajstić information content (AvgIpc) is 3.32. The second kappa shape index (κ2) is 8.03. The van der Waals surface area contributed by atoms with Crippen molar-refractivity contribution in [2.75, 3.05) is 14.1 Å². The molecule has 8 nitrogen and oxygen atoms in total. The van der Waals surface area contributed by atoms with Crippen molar-refractivity contribution in [3.05, 3.63) is 53.9 Å². The quantitative estimate of drug-likeness (QED) is 0.459. The predicted octanol–water partition coefficient (Wildman–Crippen LogP) is 3.56. The lowest BCUT2D eigenvalue weighted by atomic mass is 10.2. The molecule has 0 aliphatic rings. The molecule has 1 aromatic carbocycles. The Hall–Kier alpha value is -2.99. The van der Waals surface area contributed by atoms with Gasteiger partial charge in [0.25, 0.3) is 6.43 Å². The molecule has 12 heteroatoms. The summed E-state index contributed by atoms with van der Waals surface area (Å²) in [5.41, 5.74) is 0.891. The zero-order chi connectivity index (χ0) is 21.4. The Morgan fingerprint density at radius 2 is 1.63 bits per heavy atom. The molecule has 0 fully saturated rings. The summed E-state index contributed by atoms with van der Waals surface area (Å²) in [6.07, 6.45) is -2.80. The van der Waals surface area contributed by atoms with Gasteiger partial charge in [-0.1, -0.05) is 0 Å². The number of benzene rings is 1. The molecule has 0 amide bonds. The van der Waals surface area contributed by atoms with Crippen molar-refractivity contribution in [3.63, 3.8) is 0 Å². The number of halogens is 3. The van der Waals surface area contributed by atoms with Crippen LogP contribution in [0.2, 0.25) is 0 Å².